The molecule has 0 fully saturated rings. The van der Waals surface area contributed by atoms with Gasteiger partial charge in [0.1, 0.15) is 0 Å². The fourth-order valence-corrected chi connectivity index (χ4v) is 2.14. The van der Waals surface area contributed by atoms with E-state index in [2.05, 4.69) is 9.89 Å². The Balaban J connectivity index is 4.50. The van der Waals surface area contributed by atoms with Crippen LogP contribution in [-0.2, 0) is 9.53 Å². The number of rotatable bonds is 4. The van der Waals surface area contributed by atoms with Gasteiger partial charge in [-0.25, -0.2) is 0 Å². The standard InChI is InChI=1S/C9H14Cl4N2O3/c1-8(2,5(10)3-9(11,12)13)4-6(16)18-7(14)15-17/h5,17H,3-4H2,1-2H3,(H2,14,15). The molecule has 5 nitrogen and oxygen atoms in total. The van der Waals surface area contributed by atoms with Gasteiger partial charge in [-0.05, 0) is 10.6 Å². The highest BCUT2D eigenvalue weighted by Gasteiger charge is 2.36. The summed E-state index contributed by atoms with van der Waals surface area (Å²) in [6.45, 7) is 3.43. The van der Waals surface area contributed by atoms with E-state index in [1.54, 1.807) is 13.8 Å². The zero-order chi connectivity index (χ0) is 14.6. The molecular formula is C9H14Cl4N2O3. The molecule has 0 aliphatic carbocycles. The van der Waals surface area contributed by atoms with Crippen molar-refractivity contribution >= 4 is 58.4 Å². The average Bonchev–Trinajstić information content (AvgIpc) is 2.13. The summed E-state index contributed by atoms with van der Waals surface area (Å²) in [6, 6.07) is -0.636. The van der Waals surface area contributed by atoms with E-state index >= 15 is 0 Å². The minimum Gasteiger partial charge on any atom is -0.407 e. The largest absolute Gasteiger partial charge is 0.407 e. The van der Waals surface area contributed by atoms with Crippen LogP contribution in [0.1, 0.15) is 26.7 Å². The van der Waals surface area contributed by atoms with Crippen LogP contribution >= 0.6 is 46.4 Å². The second-order valence-electron chi connectivity index (χ2n) is 4.36. The van der Waals surface area contributed by atoms with Crippen molar-refractivity contribution in [1.82, 2.24) is 0 Å². The van der Waals surface area contributed by atoms with Crippen molar-refractivity contribution in [1.29, 1.82) is 0 Å². The Hall–Kier alpha value is -0.100. The Morgan fingerprint density at radius 2 is 1.94 bits per heavy atom. The van der Waals surface area contributed by atoms with Gasteiger partial charge in [0.05, 0.1) is 6.42 Å². The van der Waals surface area contributed by atoms with E-state index < -0.39 is 26.6 Å². The SMILES string of the molecule is CC(C)(CC(=O)O/C(N)=N/O)C(Cl)CC(Cl)(Cl)Cl. The van der Waals surface area contributed by atoms with Gasteiger partial charge in [-0.2, -0.15) is 0 Å². The molecule has 1 atom stereocenters. The fourth-order valence-electron chi connectivity index (χ4n) is 1.14. The molecule has 9 heteroatoms. The molecule has 3 N–H and O–H groups in total. The van der Waals surface area contributed by atoms with Gasteiger partial charge in [-0.3, -0.25) is 4.79 Å². The first-order valence-electron chi connectivity index (χ1n) is 4.87. The molecule has 0 aromatic heterocycles. The number of esters is 1. The first-order valence-corrected chi connectivity index (χ1v) is 6.44. The van der Waals surface area contributed by atoms with Crippen LogP contribution in [0, 0.1) is 5.41 Å². The van der Waals surface area contributed by atoms with Gasteiger partial charge in [-0.15, -0.1) is 11.6 Å². The minimum atomic E-state index is -1.50. The molecule has 0 amide bonds. The van der Waals surface area contributed by atoms with Gasteiger partial charge in [-0.1, -0.05) is 48.7 Å². The van der Waals surface area contributed by atoms with Gasteiger partial charge >= 0.3 is 12.0 Å². The van der Waals surface area contributed by atoms with Crippen LogP contribution in [0.5, 0.6) is 0 Å². The maximum absolute atomic E-state index is 11.4. The number of amidine groups is 1. The Bertz CT molecular complexity index is 328. The molecule has 0 heterocycles. The number of alkyl halides is 4. The zero-order valence-corrected chi connectivity index (χ0v) is 12.8. The predicted molar refractivity (Wildman–Crippen MR) is 72.4 cm³/mol. The second kappa shape index (κ2) is 6.89. The Labute approximate surface area is 125 Å². The minimum absolute atomic E-state index is 0.0713. The normalized spacial score (nSPS) is 15.3. The predicted octanol–water partition coefficient (Wildman–Crippen LogP) is 3.02. The van der Waals surface area contributed by atoms with Crippen LogP contribution in [0.2, 0.25) is 0 Å². The summed E-state index contributed by atoms with van der Waals surface area (Å²) in [4.78, 5) is 11.4. The highest BCUT2D eigenvalue weighted by molar-refractivity contribution is 6.67. The number of nitrogens with two attached hydrogens (primary N) is 1. The molecule has 0 saturated carbocycles. The van der Waals surface area contributed by atoms with Crippen LogP contribution < -0.4 is 5.73 Å². The summed E-state index contributed by atoms with van der Waals surface area (Å²) >= 11 is 23.0. The summed E-state index contributed by atoms with van der Waals surface area (Å²) < 4.78 is 3.00. The molecule has 0 aromatic carbocycles. The lowest BCUT2D eigenvalue weighted by Crippen LogP contribution is -2.33. The third-order valence-electron chi connectivity index (χ3n) is 2.18. The van der Waals surface area contributed by atoms with Crippen LogP contribution in [0.4, 0.5) is 0 Å². The summed E-state index contributed by atoms with van der Waals surface area (Å²) in [5, 5.41) is 10.2. The third kappa shape index (κ3) is 7.36. The van der Waals surface area contributed by atoms with E-state index in [9.17, 15) is 4.79 Å². The van der Waals surface area contributed by atoms with Crippen molar-refractivity contribution in [3.05, 3.63) is 0 Å². The van der Waals surface area contributed by atoms with Crippen molar-refractivity contribution in [3.8, 4) is 0 Å². The van der Waals surface area contributed by atoms with E-state index in [1.807, 2.05) is 0 Å². The molecule has 0 bridgehead atoms. The van der Waals surface area contributed by atoms with E-state index in [-0.39, 0.29) is 12.8 Å². The summed E-state index contributed by atoms with van der Waals surface area (Å²) in [5.74, 6) is -0.690. The molecule has 0 rings (SSSR count). The van der Waals surface area contributed by atoms with Crippen molar-refractivity contribution in [3.63, 3.8) is 0 Å². The molecule has 18 heavy (non-hydrogen) atoms. The van der Waals surface area contributed by atoms with E-state index in [0.29, 0.717) is 0 Å². The molecule has 0 spiro atoms. The van der Waals surface area contributed by atoms with Gasteiger partial charge in [0.25, 0.3) is 0 Å². The number of hydrogen-bond donors (Lipinski definition) is 2. The van der Waals surface area contributed by atoms with E-state index in [4.69, 9.17) is 57.3 Å². The number of carbonyl (C=O) groups excluding carboxylic acids is 1. The number of carbonyl (C=O) groups is 1. The van der Waals surface area contributed by atoms with Crippen LogP contribution in [-0.4, -0.2) is 26.4 Å². The molecule has 1 unspecified atom stereocenters. The van der Waals surface area contributed by atoms with Gasteiger partial charge in [0, 0.05) is 11.8 Å². The molecule has 0 aliphatic heterocycles. The third-order valence-corrected chi connectivity index (χ3v) is 3.38. The number of ether oxygens (including phenoxy) is 1. The maximum atomic E-state index is 11.4. The van der Waals surface area contributed by atoms with Gasteiger partial charge in [0.15, 0.2) is 3.79 Å². The zero-order valence-electron chi connectivity index (χ0n) is 9.79. The van der Waals surface area contributed by atoms with E-state index in [0.717, 1.165) is 0 Å². The number of hydrogen-bond acceptors (Lipinski definition) is 4. The molecule has 106 valence electrons. The fraction of sp³-hybridized carbons (Fsp3) is 0.778. The highest BCUT2D eigenvalue weighted by Crippen LogP contribution is 2.40. The lowest BCUT2D eigenvalue weighted by Gasteiger charge is -2.30. The Kier molecular flexibility index (Phi) is 6.85. The maximum Gasteiger partial charge on any atom is 0.328 e. The molecule has 0 saturated heterocycles. The molecular weight excluding hydrogens is 326 g/mol. The summed E-state index contributed by atoms with van der Waals surface area (Å²) in [7, 11) is 0. The van der Waals surface area contributed by atoms with Crippen LogP contribution in [0.15, 0.2) is 5.16 Å². The van der Waals surface area contributed by atoms with Crippen molar-refractivity contribution in [2.24, 2.45) is 16.3 Å². The van der Waals surface area contributed by atoms with Crippen LogP contribution in [0.3, 0.4) is 0 Å². The Morgan fingerprint density at radius 3 is 2.33 bits per heavy atom. The van der Waals surface area contributed by atoms with Crippen molar-refractivity contribution in [2.75, 3.05) is 0 Å². The topological polar surface area (TPSA) is 84.9 Å². The average molecular weight is 340 g/mol. The van der Waals surface area contributed by atoms with Gasteiger partial charge < -0.3 is 15.7 Å². The first kappa shape index (κ1) is 17.9. The number of oxime groups is 1. The molecule has 0 aliphatic rings. The number of nitrogens with zero attached hydrogens (tertiary/aromatic N) is 1. The summed E-state index contributed by atoms with van der Waals surface area (Å²) in [6.07, 6.45) is 0.00120. The van der Waals surface area contributed by atoms with Crippen molar-refractivity contribution < 1.29 is 14.7 Å². The van der Waals surface area contributed by atoms with E-state index in [1.165, 1.54) is 0 Å². The monoisotopic (exact) mass is 338 g/mol. The summed E-state index contributed by atoms with van der Waals surface area (Å²) in [5.41, 5.74) is 4.35. The highest BCUT2D eigenvalue weighted by atomic mass is 35.6. The Morgan fingerprint density at radius 1 is 1.44 bits per heavy atom. The quantitative estimate of drug-likeness (QED) is 0.206. The lowest BCUT2D eigenvalue weighted by molar-refractivity contribution is -0.138. The van der Waals surface area contributed by atoms with Crippen LogP contribution in [0.25, 0.3) is 0 Å². The van der Waals surface area contributed by atoms with Crippen molar-refractivity contribution in [2.45, 2.75) is 35.9 Å². The first-order chi connectivity index (χ1) is 7.98. The van der Waals surface area contributed by atoms with Gasteiger partial charge in [0.2, 0.25) is 0 Å². The lowest BCUT2D eigenvalue weighted by atomic mass is 9.84. The molecule has 0 radical (unpaired) electrons. The number of halogens is 4. The smallest absolute Gasteiger partial charge is 0.328 e. The second-order valence-corrected chi connectivity index (χ2v) is 7.41. The molecule has 0 aromatic rings.